The van der Waals surface area contributed by atoms with Crippen molar-refractivity contribution in [3.05, 3.63) is 117 Å². The van der Waals surface area contributed by atoms with E-state index in [9.17, 15) is 14.9 Å². The molecular weight excluding hydrogens is 428 g/mol. The number of hydrazine groups is 1. The average molecular weight is 450 g/mol. The molecule has 2 unspecified atom stereocenters. The zero-order valence-corrected chi connectivity index (χ0v) is 18.0. The molecule has 3 aromatic carbocycles. The maximum absolute atomic E-state index is 13.0. The van der Waals surface area contributed by atoms with Gasteiger partial charge < -0.3 is 0 Å². The number of carbonyl (C=O) groups excluding carboxylic acids is 1. The summed E-state index contributed by atoms with van der Waals surface area (Å²) in [5.74, 6) is -0.123. The lowest BCUT2D eigenvalue weighted by Crippen LogP contribution is -3.10. The second-order valence-electron chi connectivity index (χ2n) is 7.61. The normalized spacial score (nSPS) is 17.9. The Hall–Kier alpha value is -3.68. The van der Waals surface area contributed by atoms with E-state index in [1.165, 1.54) is 17.1 Å². The third kappa shape index (κ3) is 4.64. The zero-order chi connectivity index (χ0) is 22.7. The number of rotatable bonds is 7. The molecular formula is C24H22ClN4O3+. The maximum Gasteiger partial charge on any atom is 0.301 e. The van der Waals surface area contributed by atoms with Gasteiger partial charge in [0.2, 0.25) is 6.17 Å². The van der Waals surface area contributed by atoms with Crippen LogP contribution in [0.25, 0.3) is 5.70 Å². The first-order chi connectivity index (χ1) is 15.4. The molecule has 0 saturated carbocycles. The molecule has 1 amide bonds. The Labute approximate surface area is 190 Å². The number of nitrogens with zero attached hydrogens (tertiary/aromatic N) is 2. The molecule has 0 aromatic heterocycles. The number of nitro groups is 1. The van der Waals surface area contributed by atoms with Crippen molar-refractivity contribution in [2.45, 2.75) is 12.7 Å². The van der Waals surface area contributed by atoms with Crippen molar-refractivity contribution in [1.82, 2.24) is 10.4 Å². The fraction of sp³-hybridized carbons (Fsp3) is 0.125. The van der Waals surface area contributed by atoms with Gasteiger partial charge in [0.25, 0.3) is 5.69 Å². The fourth-order valence-electron chi connectivity index (χ4n) is 3.90. The molecule has 2 N–H and O–H groups in total. The molecule has 2 atom stereocenters. The number of carbonyl (C=O) groups is 1. The van der Waals surface area contributed by atoms with Gasteiger partial charge in [0.1, 0.15) is 6.54 Å². The summed E-state index contributed by atoms with van der Waals surface area (Å²) in [4.78, 5) is 24.9. The smallest absolute Gasteiger partial charge is 0.298 e. The van der Waals surface area contributed by atoms with E-state index < -0.39 is 11.1 Å². The largest absolute Gasteiger partial charge is 0.301 e. The highest BCUT2D eigenvalue weighted by Crippen LogP contribution is 2.24. The Morgan fingerprint density at radius 3 is 2.53 bits per heavy atom. The van der Waals surface area contributed by atoms with Gasteiger partial charge in [-0.05, 0) is 17.7 Å². The summed E-state index contributed by atoms with van der Waals surface area (Å²) in [7, 11) is 0. The molecule has 0 spiro atoms. The molecule has 7 nitrogen and oxygen atoms in total. The lowest BCUT2D eigenvalue weighted by molar-refractivity contribution is -0.937. The van der Waals surface area contributed by atoms with Crippen LogP contribution >= 0.6 is 11.6 Å². The van der Waals surface area contributed by atoms with E-state index in [-0.39, 0.29) is 18.1 Å². The second kappa shape index (κ2) is 9.21. The van der Waals surface area contributed by atoms with Crippen LogP contribution in [0, 0.1) is 10.1 Å². The molecule has 4 rings (SSSR count). The molecule has 1 fully saturated rings. The Kier molecular flexibility index (Phi) is 6.20. The van der Waals surface area contributed by atoms with Crippen molar-refractivity contribution in [3.63, 3.8) is 0 Å². The number of nitrogens with one attached hydrogen (secondary N) is 2. The van der Waals surface area contributed by atoms with E-state index in [0.717, 1.165) is 16.0 Å². The highest BCUT2D eigenvalue weighted by molar-refractivity contribution is 6.30. The van der Waals surface area contributed by atoms with Gasteiger partial charge in [0.05, 0.1) is 10.6 Å². The van der Waals surface area contributed by atoms with Crippen LogP contribution < -0.4 is 10.3 Å². The maximum atomic E-state index is 13.0. The van der Waals surface area contributed by atoms with Gasteiger partial charge in [-0.1, -0.05) is 72.8 Å². The van der Waals surface area contributed by atoms with Crippen LogP contribution in [0.3, 0.4) is 0 Å². The average Bonchev–Trinajstić information content (AvgIpc) is 3.09. The van der Waals surface area contributed by atoms with Gasteiger partial charge in [-0.15, -0.1) is 0 Å². The Balaban J connectivity index is 1.67. The molecule has 32 heavy (non-hydrogen) atoms. The van der Waals surface area contributed by atoms with Crippen LogP contribution in [-0.2, 0) is 11.3 Å². The highest BCUT2D eigenvalue weighted by atomic mass is 35.5. The van der Waals surface area contributed by atoms with Crippen molar-refractivity contribution < 1.29 is 14.6 Å². The molecule has 0 bridgehead atoms. The standard InChI is InChI=1S/C24H21ClN4O3/c1-17(19-10-12-21(25)13-11-19)26-28-23(30)16-27(15-18-6-3-2-4-7-18)24(28)20-8-5-9-22(14-20)29(31)32/h2-14,24,26H,1,15-16H2/p+1. The molecule has 1 aliphatic heterocycles. The second-order valence-corrected chi connectivity index (χ2v) is 8.05. The van der Waals surface area contributed by atoms with E-state index in [1.54, 1.807) is 24.3 Å². The highest BCUT2D eigenvalue weighted by Gasteiger charge is 2.44. The summed E-state index contributed by atoms with van der Waals surface area (Å²) in [5, 5.41) is 13.5. The number of benzene rings is 3. The van der Waals surface area contributed by atoms with E-state index >= 15 is 0 Å². The van der Waals surface area contributed by atoms with Gasteiger partial charge in [-0.3, -0.25) is 25.2 Å². The Morgan fingerprint density at radius 2 is 1.84 bits per heavy atom. The SMILES string of the molecule is C=C(NN1C(=O)C[NH+](Cc2ccccc2)C1c1cccc([N+](=O)[O-])c1)c1ccc(Cl)cc1. The molecule has 1 saturated heterocycles. The molecule has 162 valence electrons. The van der Waals surface area contributed by atoms with Crippen LogP contribution in [0.15, 0.2) is 85.4 Å². The first kappa shape index (κ1) is 21.5. The molecule has 1 heterocycles. The molecule has 3 aromatic rings. The minimum Gasteiger partial charge on any atom is -0.298 e. The molecule has 0 aliphatic carbocycles. The van der Waals surface area contributed by atoms with Crippen LogP contribution in [-0.4, -0.2) is 22.4 Å². The number of nitro benzene ring substituents is 1. The predicted octanol–water partition coefficient (Wildman–Crippen LogP) is 3.35. The van der Waals surface area contributed by atoms with Crippen molar-refractivity contribution in [2.24, 2.45) is 0 Å². The number of hydrogen-bond donors (Lipinski definition) is 2. The summed E-state index contributed by atoms with van der Waals surface area (Å²) >= 11 is 5.98. The van der Waals surface area contributed by atoms with Gasteiger partial charge in [0, 0.05) is 28.3 Å². The van der Waals surface area contributed by atoms with Crippen molar-refractivity contribution in [2.75, 3.05) is 6.54 Å². The van der Waals surface area contributed by atoms with E-state index in [0.29, 0.717) is 22.8 Å². The number of hydrogen-bond acceptors (Lipinski definition) is 4. The molecule has 1 aliphatic rings. The van der Waals surface area contributed by atoms with Crippen molar-refractivity contribution >= 4 is 28.9 Å². The van der Waals surface area contributed by atoms with Crippen LogP contribution in [0.2, 0.25) is 5.02 Å². The number of amides is 1. The first-order valence-electron chi connectivity index (χ1n) is 10.1. The van der Waals surface area contributed by atoms with Crippen LogP contribution in [0.1, 0.15) is 22.9 Å². The lowest BCUT2D eigenvalue weighted by atomic mass is 10.1. The zero-order valence-electron chi connectivity index (χ0n) is 17.2. The predicted molar refractivity (Wildman–Crippen MR) is 122 cm³/mol. The number of halogens is 1. The summed E-state index contributed by atoms with van der Waals surface area (Å²) < 4.78 is 0. The summed E-state index contributed by atoms with van der Waals surface area (Å²) in [6.07, 6.45) is -0.466. The summed E-state index contributed by atoms with van der Waals surface area (Å²) in [6.45, 7) is 4.90. The van der Waals surface area contributed by atoms with Gasteiger partial charge in [0.15, 0.2) is 6.54 Å². The van der Waals surface area contributed by atoms with Crippen LogP contribution in [0.5, 0.6) is 0 Å². The van der Waals surface area contributed by atoms with Crippen molar-refractivity contribution in [1.29, 1.82) is 0 Å². The molecule has 0 radical (unpaired) electrons. The number of non-ortho nitro benzene ring substituents is 1. The topological polar surface area (TPSA) is 79.9 Å². The quantitative estimate of drug-likeness (QED) is 0.428. The third-order valence-corrected chi connectivity index (χ3v) is 5.66. The van der Waals surface area contributed by atoms with Gasteiger partial charge in [-0.25, -0.2) is 0 Å². The van der Waals surface area contributed by atoms with Gasteiger partial charge in [-0.2, -0.15) is 5.01 Å². The van der Waals surface area contributed by atoms with Crippen LogP contribution in [0.4, 0.5) is 5.69 Å². The Morgan fingerprint density at radius 1 is 1.12 bits per heavy atom. The minimum atomic E-state index is -0.466. The first-order valence-corrected chi connectivity index (χ1v) is 10.5. The minimum absolute atomic E-state index is 0.0163. The van der Waals surface area contributed by atoms with E-state index in [4.69, 9.17) is 11.6 Å². The van der Waals surface area contributed by atoms with E-state index in [2.05, 4.69) is 12.0 Å². The molecule has 8 heteroatoms. The Bertz CT molecular complexity index is 1150. The fourth-order valence-corrected chi connectivity index (χ4v) is 4.03. The third-order valence-electron chi connectivity index (χ3n) is 5.41. The lowest BCUT2D eigenvalue weighted by Gasteiger charge is -2.28. The summed E-state index contributed by atoms with van der Waals surface area (Å²) in [6, 6.07) is 23.4. The van der Waals surface area contributed by atoms with Crippen molar-refractivity contribution in [3.8, 4) is 0 Å². The van der Waals surface area contributed by atoms with Gasteiger partial charge >= 0.3 is 5.91 Å². The van der Waals surface area contributed by atoms with E-state index in [1.807, 2.05) is 42.5 Å². The number of quaternary nitrogens is 1. The summed E-state index contributed by atoms with van der Waals surface area (Å²) in [5.41, 5.74) is 6.19. The monoisotopic (exact) mass is 449 g/mol.